The number of hydrazine groups is 1. The second-order valence-electron chi connectivity index (χ2n) is 5.59. The number of carbonyl (C=O) groups excluding carboxylic acids is 1. The van der Waals surface area contributed by atoms with E-state index in [4.69, 9.17) is 0 Å². The summed E-state index contributed by atoms with van der Waals surface area (Å²) in [6.45, 7) is 2.08. The smallest absolute Gasteiger partial charge is 0.224 e. The van der Waals surface area contributed by atoms with E-state index < -0.39 is 0 Å². The molecule has 102 valence electrons. The van der Waals surface area contributed by atoms with Gasteiger partial charge in [-0.25, -0.2) is 5.01 Å². The normalized spacial score (nSPS) is 33.4. The van der Waals surface area contributed by atoms with Crippen LogP contribution in [0.15, 0.2) is 28.4 Å². The minimum atomic E-state index is 0.0509. The molecule has 3 aliphatic heterocycles. The van der Waals surface area contributed by atoms with Crippen LogP contribution in [0.2, 0.25) is 0 Å². The molecule has 0 saturated carbocycles. The fourth-order valence-corrected chi connectivity index (χ4v) is 3.26. The minimum Gasteiger partial charge on any atom is -0.352 e. The lowest BCUT2D eigenvalue weighted by atomic mass is 9.77. The standard InChI is InChI=1S/C14H20N4O/c1-9-13-10(7-12(19)16-9)8-18(17(2)3)14-11(13)5-4-6-15-14/h5-6,8-9,13-14H,4,7H2,1-3H3,(H,16,19). The molecule has 19 heavy (non-hydrogen) atoms. The van der Waals surface area contributed by atoms with Crippen LogP contribution in [0.1, 0.15) is 19.8 Å². The Hall–Kier alpha value is -1.62. The zero-order valence-electron chi connectivity index (χ0n) is 11.6. The predicted molar refractivity (Wildman–Crippen MR) is 74.3 cm³/mol. The topological polar surface area (TPSA) is 47.9 Å². The molecule has 5 nitrogen and oxygen atoms in total. The molecule has 1 N–H and O–H groups in total. The molecule has 3 unspecified atom stereocenters. The van der Waals surface area contributed by atoms with Crippen molar-refractivity contribution in [2.45, 2.75) is 32.0 Å². The summed E-state index contributed by atoms with van der Waals surface area (Å²) in [4.78, 5) is 16.4. The molecule has 0 spiro atoms. The molecule has 3 atom stereocenters. The first-order valence-electron chi connectivity index (χ1n) is 6.75. The van der Waals surface area contributed by atoms with Gasteiger partial charge in [0, 0.05) is 44.9 Å². The highest BCUT2D eigenvalue weighted by Gasteiger charge is 2.41. The summed E-state index contributed by atoms with van der Waals surface area (Å²) in [5.41, 5.74) is 2.52. The lowest BCUT2D eigenvalue weighted by molar-refractivity contribution is -0.122. The summed E-state index contributed by atoms with van der Waals surface area (Å²) >= 11 is 0. The van der Waals surface area contributed by atoms with Crippen LogP contribution in [0.4, 0.5) is 0 Å². The van der Waals surface area contributed by atoms with E-state index >= 15 is 0 Å². The van der Waals surface area contributed by atoms with Gasteiger partial charge < -0.3 is 5.32 Å². The molecular formula is C14H20N4O. The summed E-state index contributed by atoms with van der Waals surface area (Å²) in [6, 6.07) is 0.152. The SMILES string of the molecule is CC1NC(=O)CC2=CN(N(C)C)C3N=CCC=C3C21. The molecule has 1 fully saturated rings. The Morgan fingerprint density at radius 2 is 2.26 bits per heavy atom. The summed E-state index contributed by atoms with van der Waals surface area (Å²) in [5.74, 6) is 0.420. The highest BCUT2D eigenvalue weighted by molar-refractivity contribution is 5.81. The molecule has 0 aromatic rings. The van der Waals surface area contributed by atoms with E-state index in [-0.39, 0.29) is 18.1 Å². The molecule has 0 radical (unpaired) electrons. The van der Waals surface area contributed by atoms with Gasteiger partial charge in [-0.1, -0.05) is 6.08 Å². The van der Waals surface area contributed by atoms with Crippen molar-refractivity contribution in [3.63, 3.8) is 0 Å². The number of allylic oxidation sites excluding steroid dienone is 1. The monoisotopic (exact) mass is 260 g/mol. The first-order chi connectivity index (χ1) is 9.08. The molecule has 0 bridgehead atoms. The first kappa shape index (κ1) is 12.4. The molecule has 1 amide bonds. The van der Waals surface area contributed by atoms with Crippen LogP contribution >= 0.6 is 0 Å². The number of fused-ring (bicyclic) bond motifs is 3. The molecule has 0 aliphatic carbocycles. The number of piperidine rings is 1. The quantitative estimate of drug-likeness (QED) is 0.713. The van der Waals surface area contributed by atoms with Crippen molar-refractivity contribution in [1.82, 2.24) is 15.3 Å². The van der Waals surface area contributed by atoms with Crippen LogP contribution in [0.5, 0.6) is 0 Å². The molecule has 0 aromatic carbocycles. The number of hydrogen-bond donors (Lipinski definition) is 1. The summed E-state index contributed by atoms with van der Waals surface area (Å²) in [6.07, 6.45) is 7.76. The number of nitrogens with zero attached hydrogens (tertiary/aromatic N) is 3. The van der Waals surface area contributed by atoms with Crippen molar-refractivity contribution in [1.29, 1.82) is 0 Å². The van der Waals surface area contributed by atoms with Crippen molar-refractivity contribution >= 4 is 12.1 Å². The minimum absolute atomic E-state index is 0.0509. The maximum Gasteiger partial charge on any atom is 0.224 e. The Bertz CT molecular complexity index is 492. The van der Waals surface area contributed by atoms with E-state index in [0.717, 1.165) is 6.42 Å². The third-order valence-corrected chi connectivity index (χ3v) is 4.03. The van der Waals surface area contributed by atoms with Crippen molar-refractivity contribution in [2.75, 3.05) is 14.1 Å². The zero-order chi connectivity index (χ0) is 13.6. The molecular weight excluding hydrogens is 240 g/mol. The molecule has 1 saturated heterocycles. The second kappa shape index (κ2) is 4.49. The van der Waals surface area contributed by atoms with Gasteiger partial charge in [-0.2, -0.15) is 0 Å². The molecule has 3 rings (SSSR count). The lowest BCUT2D eigenvalue weighted by Gasteiger charge is -2.46. The average Bonchev–Trinajstić information content (AvgIpc) is 2.36. The lowest BCUT2D eigenvalue weighted by Crippen LogP contribution is -2.53. The third-order valence-electron chi connectivity index (χ3n) is 4.03. The van der Waals surface area contributed by atoms with Crippen LogP contribution in [-0.4, -0.2) is 48.4 Å². The van der Waals surface area contributed by atoms with Crippen LogP contribution in [0.3, 0.4) is 0 Å². The Balaban J connectivity index is 2.05. The first-order valence-corrected chi connectivity index (χ1v) is 6.75. The maximum atomic E-state index is 11.7. The average molecular weight is 260 g/mol. The zero-order valence-corrected chi connectivity index (χ0v) is 11.6. The Morgan fingerprint density at radius 1 is 1.47 bits per heavy atom. The van der Waals surface area contributed by atoms with Gasteiger partial charge in [0.05, 0.1) is 6.42 Å². The van der Waals surface area contributed by atoms with Crippen molar-refractivity contribution in [2.24, 2.45) is 10.9 Å². The Kier molecular flexibility index (Phi) is 2.93. The Morgan fingerprint density at radius 3 is 3.00 bits per heavy atom. The van der Waals surface area contributed by atoms with Crippen LogP contribution in [0.25, 0.3) is 0 Å². The molecule has 3 aliphatic rings. The third kappa shape index (κ3) is 1.98. The highest BCUT2D eigenvalue weighted by atomic mass is 16.1. The van der Waals surface area contributed by atoms with Gasteiger partial charge in [0.15, 0.2) is 6.17 Å². The van der Waals surface area contributed by atoms with E-state index in [0.29, 0.717) is 12.3 Å². The van der Waals surface area contributed by atoms with E-state index in [1.807, 2.05) is 25.3 Å². The van der Waals surface area contributed by atoms with Crippen molar-refractivity contribution < 1.29 is 4.79 Å². The van der Waals surface area contributed by atoms with Gasteiger partial charge in [0.2, 0.25) is 5.91 Å². The van der Waals surface area contributed by atoms with Crippen molar-refractivity contribution in [3.05, 3.63) is 23.4 Å². The number of amides is 1. The van der Waals surface area contributed by atoms with Gasteiger partial charge in [-0.05, 0) is 18.1 Å². The van der Waals surface area contributed by atoms with Crippen LogP contribution in [0, 0.1) is 5.92 Å². The second-order valence-corrected chi connectivity index (χ2v) is 5.59. The fraction of sp³-hybridized carbons (Fsp3) is 0.571. The van der Waals surface area contributed by atoms with Gasteiger partial charge in [-0.15, -0.1) is 0 Å². The maximum absolute atomic E-state index is 11.7. The summed E-state index contributed by atoms with van der Waals surface area (Å²) in [5, 5.41) is 7.19. The number of carbonyl (C=O) groups is 1. The van der Waals surface area contributed by atoms with E-state index in [9.17, 15) is 4.79 Å². The fourth-order valence-electron chi connectivity index (χ4n) is 3.26. The molecule has 3 heterocycles. The van der Waals surface area contributed by atoms with Crippen LogP contribution < -0.4 is 5.32 Å². The number of nitrogens with one attached hydrogen (secondary N) is 1. The Labute approximate surface area is 113 Å². The van der Waals surface area contributed by atoms with E-state index in [1.54, 1.807) is 0 Å². The number of dihydropyridines is 1. The number of rotatable bonds is 1. The molecule has 5 heteroatoms. The van der Waals surface area contributed by atoms with Gasteiger partial charge >= 0.3 is 0 Å². The van der Waals surface area contributed by atoms with E-state index in [1.165, 1.54) is 11.1 Å². The summed E-state index contributed by atoms with van der Waals surface area (Å²) < 4.78 is 0. The highest BCUT2D eigenvalue weighted by Crippen LogP contribution is 2.39. The molecule has 0 aromatic heterocycles. The van der Waals surface area contributed by atoms with Gasteiger partial charge in [0.25, 0.3) is 0 Å². The largest absolute Gasteiger partial charge is 0.352 e. The summed E-state index contributed by atoms with van der Waals surface area (Å²) in [7, 11) is 4.01. The van der Waals surface area contributed by atoms with E-state index in [2.05, 4.69) is 34.5 Å². The van der Waals surface area contributed by atoms with Gasteiger partial charge in [0.1, 0.15) is 0 Å². The predicted octanol–water partition coefficient (Wildman–Crippen LogP) is 0.914. The van der Waals surface area contributed by atoms with Crippen molar-refractivity contribution in [3.8, 4) is 0 Å². The van der Waals surface area contributed by atoms with Crippen LogP contribution in [-0.2, 0) is 4.79 Å². The van der Waals surface area contributed by atoms with Gasteiger partial charge in [-0.3, -0.25) is 14.8 Å². The number of aliphatic imine (C=N–C) groups is 1. The number of hydrogen-bond acceptors (Lipinski definition) is 4.